The highest BCUT2D eigenvalue weighted by Crippen LogP contribution is 2.34. The Hall–Kier alpha value is -2.37. The summed E-state index contributed by atoms with van der Waals surface area (Å²) in [7, 11) is 1.64. The van der Waals surface area contributed by atoms with Gasteiger partial charge in [-0.05, 0) is 88.0 Å². The molecule has 2 heterocycles. The van der Waals surface area contributed by atoms with Crippen molar-refractivity contribution in [2.45, 2.75) is 57.7 Å². The minimum Gasteiger partial charge on any atom is -0.497 e. The molecule has 1 atom stereocenters. The van der Waals surface area contributed by atoms with Gasteiger partial charge in [0.2, 0.25) is 0 Å². The maximum absolute atomic E-state index is 12.9. The molecule has 0 amide bonds. The maximum atomic E-state index is 12.9. The third-order valence-electron chi connectivity index (χ3n) is 6.87. The maximum Gasteiger partial charge on any atom is 0.176 e. The van der Waals surface area contributed by atoms with Crippen LogP contribution in [-0.4, -0.2) is 61.0 Å². The van der Waals surface area contributed by atoms with E-state index >= 15 is 0 Å². The molecule has 0 aromatic heterocycles. The summed E-state index contributed by atoms with van der Waals surface area (Å²) in [6, 6.07) is 16.8. The molecular formula is C27H36N2O3. The molecule has 0 saturated carbocycles. The zero-order valence-electron chi connectivity index (χ0n) is 19.6. The number of ketones is 1. The van der Waals surface area contributed by atoms with E-state index in [0.717, 1.165) is 62.4 Å². The molecule has 2 fully saturated rings. The largest absolute Gasteiger partial charge is 0.497 e. The Morgan fingerprint density at radius 3 is 2.44 bits per heavy atom. The van der Waals surface area contributed by atoms with Crippen molar-refractivity contribution in [1.29, 1.82) is 0 Å². The van der Waals surface area contributed by atoms with E-state index in [-0.39, 0.29) is 17.9 Å². The molecule has 2 aliphatic rings. The second-order valence-electron chi connectivity index (χ2n) is 9.30. The summed E-state index contributed by atoms with van der Waals surface area (Å²) in [5.74, 6) is 1.88. The highest BCUT2D eigenvalue weighted by atomic mass is 16.5. The Bertz CT molecular complexity index is 888. The fourth-order valence-electron chi connectivity index (χ4n) is 4.94. The van der Waals surface area contributed by atoms with E-state index in [1.165, 1.54) is 5.56 Å². The standard InChI is InChI=1S/C27H36N2O3/c1-20(2)28-16-13-24(14-17-28)32-25-7-4-6-22(18-25)26-8-5-15-29(26)19-27(30)21-9-11-23(31-3)12-10-21/h4,6-7,9-12,18,20,24,26H,5,8,13-17,19H2,1-3H3. The monoisotopic (exact) mass is 436 g/mol. The molecule has 4 rings (SSSR count). The van der Waals surface area contributed by atoms with Crippen molar-refractivity contribution in [1.82, 2.24) is 9.80 Å². The smallest absolute Gasteiger partial charge is 0.176 e. The first-order valence-electron chi connectivity index (χ1n) is 12.0. The number of likely N-dealkylation sites (tertiary alicyclic amines) is 2. The van der Waals surface area contributed by atoms with Gasteiger partial charge in [0, 0.05) is 30.7 Å². The van der Waals surface area contributed by atoms with E-state index < -0.39 is 0 Å². The van der Waals surface area contributed by atoms with Gasteiger partial charge in [-0.1, -0.05) is 12.1 Å². The van der Waals surface area contributed by atoms with Gasteiger partial charge in [-0.25, -0.2) is 0 Å². The second-order valence-corrected chi connectivity index (χ2v) is 9.30. The van der Waals surface area contributed by atoms with E-state index in [0.29, 0.717) is 12.6 Å². The first kappa shape index (κ1) is 22.8. The molecule has 5 nitrogen and oxygen atoms in total. The van der Waals surface area contributed by atoms with Crippen LogP contribution in [0.5, 0.6) is 11.5 Å². The molecule has 0 N–H and O–H groups in total. The molecule has 0 spiro atoms. The lowest BCUT2D eigenvalue weighted by molar-refractivity contribution is 0.0841. The van der Waals surface area contributed by atoms with E-state index in [9.17, 15) is 4.79 Å². The molecule has 5 heteroatoms. The Balaban J connectivity index is 1.38. The lowest BCUT2D eigenvalue weighted by Gasteiger charge is -2.34. The Labute approximate surface area is 192 Å². The quantitative estimate of drug-likeness (QED) is 0.547. The van der Waals surface area contributed by atoms with Crippen molar-refractivity contribution in [3.8, 4) is 11.5 Å². The Morgan fingerprint density at radius 1 is 1.00 bits per heavy atom. The Kier molecular flexibility index (Phi) is 7.48. The normalized spacial score (nSPS) is 20.6. The molecule has 172 valence electrons. The third kappa shape index (κ3) is 5.51. The lowest BCUT2D eigenvalue weighted by atomic mass is 10.0. The van der Waals surface area contributed by atoms with Crippen LogP contribution in [0.15, 0.2) is 48.5 Å². The SMILES string of the molecule is COc1ccc(C(=O)CN2CCCC2c2cccc(OC3CCN(C(C)C)CC3)c2)cc1. The number of carbonyl (C=O) groups is 1. The fraction of sp³-hybridized carbons (Fsp3) is 0.519. The van der Waals surface area contributed by atoms with Crippen molar-refractivity contribution in [2.75, 3.05) is 33.3 Å². The molecule has 2 aliphatic heterocycles. The number of hydrogen-bond donors (Lipinski definition) is 0. The molecule has 2 saturated heterocycles. The zero-order valence-corrected chi connectivity index (χ0v) is 19.6. The number of methoxy groups -OCH3 is 1. The van der Waals surface area contributed by atoms with Crippen LogP contribution in [0.2, 0.25) is 0 Å². The minimum absolute atomic E-state index is 0.156. The molecule has 0 aliphatic carbocycles. The topological polar surface area (TPSA) is 42.0 Å². The number of ether oxygens (including phenoxy) is 2. The molecule has 0 radical (unpaired) electrons. The predicted molar refractivity (Wildman–Crippen MR) is 128 cm³/mol. The molecule has 32 heavy (non-hydrogen) atoms. The van der Waals surface area contributed by atoms with Crippen LogP contribution in [-0.2, 0) is 0 Å². The first-order valence-corrected chi connectivity index (χ1v) is 12.0. The van der Waals surface area contributed by atoms with Gasteiger partial charge in [0.05, 0.1) is 13.7 Å². The average molecular weight is 437 g/mol. The number of benzene rings is 2. The van der Waals surface area contributed by atoms with Gasteiger partial charge in [0.1, 0.15) is 17.6 Å². The highest BCUT2D eigenvalue weighted by molar-refractivity contribution is 5.97. The van der Waals surface area contributed by atoms with E-state index in [2.05, 4.69) is 47.9 Å². The van der Waals surface area contributed by atoms with Crippen molar-refractivity contribution in [3.63, 3.8) is 0 Å². The van der Waals surface area contributed by atoms with Gasteiger partial charge in [-0.15, -0.1) is 0 Å². The summed E-state index contributed by atoms with van der Waals surface area (Å²) >= 11 is 0. The summed E-state index contributed by atoms with van der Waals surface area (Å²) in [5, 5.41) is 0. The summed E-state index contributed by atoms with van der Waals surface area (Å²) in [5.41, 5.74) is 1.99. The number of nitrogens with zero attached hydrogens (tertiary/aromatic N) is 2. The summed E-state index contributed by atoms with van der Waals surface area (Å²) in [6.07, 6.45) is 4.63. The highest BCUT2D eigenvalue weighted by Gasteiger charge is 2.28. The molecule has 0 bridgehead atoms. The number of piperidine rings is 1. The fourth-order valence-corrected chi connectivity index (χ4v) is 4.94. The van der Waals surface area contributed by atoms with Crippen molar-refractivity contribution in [3.05, 3.63) is 59.7 Å². The number of carbonyl (C=O) groups excluding carboxylic acids is 1. The summed E-state index contributed by atoms with van der Waals surface area (Å²) in [4.78, 5) is 17.7. The van der Waals surface area contributed by atoms with Crippen LogP contribution < -0.4 is 9.47 Å². The van der Waals surface area contributed by atoms with Gasteiger partial charge in [0.25, 0.3) is 0 Å². The minimum atomic E-state index is 0.156. The van der Waals surface area contributed by atoms with E-state index in [4.69, 9.17) is 9.47 Å². The van der Waals surface area contributed by atoms with Crippen LogP contribution in [0.1, 0.15) is 61.5 Å². The van der Waals surface area contributed by atoms with Crippen LogP contribution in [0, 0.1) is 0 Å². The van der Waals surface area contributed by atoms with Gasteiger partial charge in [0.15, 0.2) is 5.78 Å². The van der Waals surface area contributed by atoms with Crippen LogP contribution in [0.4, 0.5) is 0 Å². The Morgan fingerprint density at radius 2 is 1.75 bits per heavy atom. The van der Waals surface area contributed by atoms with Gasteiger partial charge in [-0.3, -0.25) is 9.69 Å². The molecule has 2 aromatic carbocycles. The molecular weight excluding hydrogens is 400 g/mol. The average Bonchev–Trinajstić information content (AvgIpc) is 3.28. The van der Waals surface area contributed by atoms with Crippen molar-refractivity contribution in [2.24, 2.45) is 0 Å². The summed E-state index contributed by atoms with van der Waals surface area (Å²) in [6.45, 7) is 8.12. The summed E-state index contributed by atoms with van der Waals surface area (Å²) < 4.78 is 11.6. The van der Waals surface area contributed by atoms with E-state index in [1.807, 2.05) is 24.3 Å². The van der Waals surface area contributed by atoms with Crippen LogP contribution >= 0.6 is 0 Å². The van der Waals surface area contributed by atoms with Crippen molar-refractivity contribution >= 4 is 5.78 Å². The molecule has 1 unspecified atom stereocenters. The predicted octanol–water partition coefficient (Wildman–Crippen LogP) is 4.97. The zero-order chi connectivity index (χ0) is 22.5. The van der Waals surface area contributed by atoms with Gasteiger partial charge < -0.3 is 14.4 Å². The van der Waals surface area contributed by atoms with Crippen LogP contribution in [0.3, 0.4) is 0 Å². The number of Topliss-reactive ketones (excluding diaryl/α,β-unsaturated/α-hetero) is 1. The van der Waals surface area contributed by atoms with Crippen molar-refractivity contribution < 1.29 is 14.3 Å². The lowest BCUT2D eigenvalue weighted by Crippen LogP contribution is -2.41. The van der Waals surface area contributed by atoms with E-state index in [1.54, 1.807) is 7.11 Å². The second kappa shape index (κ2) is 10.5. The number of rotatable bonds is 8. The van der Waals surface area contributed by atoms with Gasteiger partial charge >= 0.3 is 0 Å². The first-order chi connectivity index (χ1) is 15.5. The van der Waals surface area contributed by atoms with Crippen LogP contribution in [0.25, 0.3) is 0 Å². The third-order valence-corrected chi connectivity index (χ3v) is 6.87. The number of hydrogen-bond acceptors (Lipinski definition) is 5. The molecule has 2 aromatic rings. The van der Waals surface area contributed by atoms with Gasteiger partial charge in [-0.2, -0.15) is 0 Å².